The maximum absolute atomic E-state index is 13.2. The first-order chi connectivity index (χ1) is 15.6. The van der Waals surface area contributed by atoms with Crippen molar-refractivity contribution >= 4 is 51.7 Å². The van der Waals surface area contributed by atoms with Crippen molar-refractivity contribution in [1.82, 2.24) is 19.2 Å². The van der Waals surface area contributed by atoms with Crippen molar-refractivity contribution in [2.75, 3.05) is 51.3 Å². The quantitative estimate of drug-likeness (QED) is 0.272. The number of ether oxygens (including phenoxy) is 1. The highest BCUT2D eigenvalue weighted by Gasteiger charge is 2.31. The maximum Gasteiger partial charge on any atom is 0.267 e. The third-order valence-electron chi connectivity index (χ3n) is 5.28. The van der Waals surface area contributed by atoms with E-state index in [1.54, 1.807) is 30.5 Å². The highest BCUT2D eigenvalue weighted by molar-refractivity contribution is 8.26. The van der Waals surface area contributed by atoms with Gasteiger partial charge in [-0.15, -0.1) is 6.58 Å². The van der Waals surface area contributed by atoms with Crippen LogP contribution in [0.25, 0.3) is 11.7 Å². The zero-order chi connectivity index (χ0) is 22.5. The van der Waals surface area contributed by atoms with Crippen molar-refractivity contribution in [3.63, 3.8) is 0 Å². The Morgan fingerprint density at radius 3 is 2.88 bits per heavy atom. The molecule has 1 N–H and O–H groups in total. The Bertz CT molecular complexity index is 1120. The molecule has 0 saturated carbocycles. The number of nitrogens with one attached hydrogen (secondary N) is 1. The predicted molar refractivity (Wildman–Crippen MR) is 132 cm³/mol. The molecule has 0 atom stereocenters. The molecule has 32 heavy (non-hydrogen) atoms. The SMILES string of the molecule is C=CCN1C(=O)C(=Cc2c(NCCCN3CCOCC3)nc3ccccn3c2=O)SC1=S. The lowest BCUT2D eigenvalue weighted by Gasteiger charge is -2.26. The van der Waals surface area contributed by atoms with Crippen LogP contribution in [-0.2, 0) is 9.53 Å². The summed E-state index contributed by atoms with van der Waals surface area (Å²) in [6.45, 7) is 9.02. The molecule has 2 fully saturated rings. The Labute approximate surface area is 195 Å². The van der Waals surface area contributed by atoms with Gasteiger partial charge in [0.15, 0.2) is 0 Å². The number of anilines is 1. The van der Waals surface area contributed by atoms with Crippen LogP contribution in [0.15, 0.2) is 46.8 Å². The van der Waals surface area contributed by atoms with Gasteiger partial charge in [0.2, 0.25) is 0 Å². The normalized spacial score (nSPS) is 18.6. The molecule has 0 radical (unpaired) electrons. The summed E-state index contributed by atoms with van der Waals surface area (Å²) in [5.41, 5.74) is 0.656. The van der Waals surface area contributed by atoms with Gasteiger partial charge in [-0.2, -0.15) is 0 Å². The number of morpholine rings is 1. The number of rotatable bonds is 8. The zero-order valence-electron chi connectivity index (χ0n) is 17.7. The summed E-state index contributed by atoms with van der Waals surface area (Å²) in [6, 6.07) is 5.40. The molecule has 0 bridgehead atoms. The number of aromatic nitrogens is 2. The first kappa shape index (κ1) is 22.7. The monoisotopic (exact) mass is 471 g/mol. The van der Waals surface area contributed by atoms with E-state index in [9.17, 15) is 9.59 Å². The Morgan fingerprint density at radius 1 is 1.28 bits per heavy atom. The maximum atomic E-state index is 13.2. The Morgan fingerprint density at radius 2 is 2.09 bits per heavy atom. The molecule has 2 aliphatic rings. The van der Waals surface area contributed by atoms with Gasteiger partial charge in [0, 0.05) is 32.4 Å². The number of pyridine rings is 1. The van der Waals surface area contributed by atoms with E-state index >= 15 is 0 Å². The predicted octanol–water partition coefficient (Wildman–Crippen LogP) is 2.22. The molecule has 2 aromatic heterocycles. The molecule has 8 nitrogen and oxygen atoms in total. The van der Waals surface area contributed by atoms with Crippen LogP contribution >= 0.6 is 24.0 Å². The molecule has 2 saturated heterocycles. The molecular formula is C22H25N5O3S2. The molecule has 2 aromatic rings. The first-order valence-electron chi connectivity index (χ1n) is 10.5. The van der Waals surface area contributed by atoms with Crippen molar-refractivity contribution in [3.8, 4) is 0 Å². The summed E-state index contributed by atoms with van der Waals surface area (Å²) < 4.78 is 7.32. The summed E-state index contributed by atoms with van der Waals surface area (Å²) in [5.74, 6) is 0.243. The Hall–Kier alpha value is -2.53. The zero-order valence-corrected chi connectivity index (χ0v) is 19.3. The Kier molecular flexibility index (Phi) is 7.36. The number of thiocarbonyl (C=S) groups is 1. The van der Waals surface area contributed by atoms with Crippen molar-refractivity contribution in [2.24, 2.45) is 0 Å². The lowest BCUT2D eigenvalue weighted by molar-refractivity contribution is -0.121. The van der Waals surface area contributed by atoms with Crippen LogP contribution in [0.2, 0.25) is 0 Å². The average molecular weight is 472 g/mol. The summed E-state index contributed by atoms with van der Waals surface area (Å²) >= 11 is 6.50. The van der Waals surface area contributed by atoms with Crippen LogP contribution in [0.5, 0.6) is 0 Å². The van der Waals surface area contributed by atoms with Crippen LogP contribution in [0.1, 0.15) is 12.0 Å². The van der Waals surface area contributed by atoms with Crippen LogP contribution in [0, 0.1) is 0 Å². The molecular weight excluding hydrogens is 446 g/mol. The summed E-state index contributed by atoms with van der Waals surface area (Å²) in [6.07, 6.45) is 5.80. The minimum Gasteiger partial charge on any atom is -0.379 e. The molecule has 10 heteroatoms. The summed E-state index contributed by atoms with van der Waals surface area (Å²) in [5, 5.41) is 3.31. The van der Waals surface area contributed by atoms with E-state index in [2.05, 4.69) is 21.8 Å². The third-order valence-corrected chi connectivity index (χ3v) is 6.65. The largest absolute Gasteiger partial charge is 0.379 e. The lowest BCUT2D eigenvalue weighted by atomic mass is 10.2. The second kappa shape index (κ2) is 10.4. The molecule has 0 aliphatic carbocycles. The van der Waals surface area contributed by atoms with Crippen LogP contribution in [-0.4, -0.2) is 75.3 Å². The molecule has 0 spiro atoms. The van der Waals surface area contributed by atoms with Gasteiger partial charge in [-0.05, 0) is 31.2 Å². The van der Waals surface area contributed by atoms with E-state index in [-0.39, 0.29) is 11.5 Å². The van der Waals surface area contributed by atoms with Gasteiger partial charge in [0.05, 0.1) is 23.7 Å². The number of amides is 1. The second-order valence-corrected chi connectivity index (χ2v) is 9.10. The minimum atomic E-state index is -0.236. The van der Waals surface area contributed by atoms with E-state index < -0.39 is 0 Å². The fourth-order valence-corrected chi connectivity index (χ4v) is 4.88. The second-order valence-electron chi connectivity index (χ2n) is 7.42. The van der Waals surface area contributed by atoms with Crippen molar-refractivity contribution in [2.45, 2.75) is 6.42 Å². The fraction of sp³-hybridized carbons (Fsp3) is 0.364. The van der Waals surface area contributed by atoms with Crippen LogP contribution in [0.4, 0.5) is 5.82 Å². The number of hydrogen-bond donors (Lipinski definition) is 1. The molecule has 1 amide bonds. The fourth-order valence-electron chi connectivity index (χ4n) is 3.62. The van der Waals surface area contributed by atoms with Gasteiger partial charge in [-0.3, -0.25) is 23.8 Å². The standard InChI is InChI=1S/C22H25N5O3S2/c1-2-8-27-21(29)17(32-22(27)31)15-16-19(23-7-5-9-25-11-13-30-14-12-25)24-18-6-3-4-10-26(18)20(16)28/h2-4,6,10,15,23H,1,5,7-9,11-14H2. The summed E-state index contributed by atoms with van der Waals surface area (Å²) in [7, 11) is 0. The van der Waals surface area contributed by atoms with Gasteiger partial charge in [0.25, 0.3) is 11.5 Å². The van der Waals surface area contributed by atoms with Crippen molar-refractivity contribution in [1.29, 1.82) is 0 Å². The van der Waals surface area contributed by atoms with Gasteiger partial charge >= 0.3 is 0 Å². The van der Waals surface area contributed by atoms with Gasteiger partial charge < -0.3 is 10.1 Å². The van der Waals surface area contributed by atoms with Crippen LogP contribution in [0.3, 0.4) is 0 Å². The lowest BCUT2D eigenvalue weighted by Crippen LogP contribution is -2.37. The molecule has 4 heterocycles. The van der Waals surface area contributed by atoms with E-state index in [4.69, 9.17) is 17.0 Å². The number of nitrogens with zero attached hydrogens (tertiary/aromatic N) is 4. The van der Waals surface area contributed by atoms with Gasteiger partial charge in [0.1, 0.15) is 15.8 Å². The molecule has 168 valence electrons. The Balaban J connectivity index is 1.59. The van der Waals surface area contributed by atoms with Crippen molar-refractivity contribution in [3.05, 3.63) is 57.9 Å². The number of thioether (sulfide) groups is 1. The van der Waals surface area contributed by atoms with E-state index in [0.29, 0.717) is 39.3 Å². The topological polar surface area (TPSA) is 79.2 Å². The molecule has 4 rings (SSSR count). The van der Waals surface area contributed by atoms with E-state index in [0.717, 1.165) is 39.3 Å². The van der Waals surface area contributed by atoms with E-state index in [1.807, 2.05) is 6.07 Å². The first-order valence-corrected chi connectivity index (χ1v) is 11.7. The van der Waals surface area contributed by atoms with Crippen LogP contribution < -0.4 is 10.9 Å². The minimum absolute atomic E-state index is 0.226. The van der Waals surface area contributed by atoms with Gasteiger partial charge in [-0.1, -0.05) is 36.1 Å². The average Bonchev–Trinajstić information content (AvgIpc) is 3.07. The highest BCUT2D eigenvalue weighted by atomic mass is 32.2. The third kappa shape index (κ3) is 4.93. The number of carbonyl (C=O) groups excluding carboxylic acids is 1. The van der Waals surface area contributed by atoms with E-state index in [1.165, 1.54) is 21.1 Å². The molecule has 0 unspecified atom stereocenters. The highest BCUT2D eigenvalue weighted by Crippen LogP contribution is 2.32. The summed E-state index contributed by atoms with van der Waals surface area (Å²) in [4.78, 5) is 34.9. The van der Waals surface area contributed by atoms with Crippen molar-refractivity contribution < 1.29 is 9.53 Å². The number of hydrogen-bond acceptors (Lipinski definition) is 8. The van der Waals surface area contributed by atoms with Gasteiger partial charge in [-0.25, -0.2) is 4.98 Å². The number of fused-ring (bicyclic) bond motifs is 1. The smallest absolute Gasteiger partial charge is 0.267 e. The molecule has 0 aromatic carbocycles. The molecule has 2 aliphatic heterocycles. The number of carbonyl (C=O) groups is 1.